The third-order valence-corrected chi connectivity index (χ3v) is 3.39. The molecule has 1 heterocycles. The van der Waals surface area contributed by atoms with Gasteiger partial charge in [0.25, 0.3) is 5.56 Å². The van der Waals surface area contributed by atoms with E-state index in [1.165, 1.54) is 0 Å². The summed E-state index contributed by atoms with van der Waals surface area (Å²) in [5.41, 5.74) is 0.366. The summed E-state index contributed by atoms with van der Waals surface area (Å²) < 4.78 is 1.83. The summed E-state index contributed by atoms with van der Waals surface area (Å²) in [6, 6.07) is 3.74. The van der Waals surface area contributed by atoms with Gasteiger partial charge in [0.2, 0.25) is 0 Å². The lowest BCUT2D eigenvalue weighted by Crippen LogP contribution is -2.34. The van der Waals surface area contributed by atoms with Crippen molar-refractivity contribution < 1.29 is 5.11 Å². The van der Waals surface area contributed by atoms with Crippen molar-refractivity contribution in [1.82, 2.24) is 4.57 Å². The van der Waals surface area contributed by atoms with E-state index in [1.54, 1.807) is 19.9 Å². The molecule has 1 aromatic heterocycles. The molecule has 0 atom stereocenters. The van der Waals surface area contributed by atoms with Gasteiger partial charge < -0.3 is 9.67 Å². The van der Waals surface area contributed by atoms with Gasteiger partial charge in [-0.25, -0.2) is 0 Å². The average molecular weight is 265 g/mol. The van der Waals surface area contributed by atoms with Crippen molar-refractivity contribution in [1.29, 1.82) is 0 Å². The summed E-state index contributed by atoms with van der Waals surface area (Å²) in [5, 5.41) is 10.1. The molecule has 0 aromatic carbocycles. The van der Waals surface area contributed by atoms with Crippen molar-refractivity contribution in [2.24, 2.45) is 5.92 Å². The van der Waals surface area contributed by atoms with Gasteiger partial charge in [0.1, 0.15) is 0 Å². The molecule has 0 amide bonds. The van der Waals surface area contributed by atoms with E-state index in [2.05, 4.69) is 27.7 Å². The van der Waals surface area contributed by atoms with Gasteiger partial charge >= 0.3 is 0 Å². The van der Waals surface area contributed by atoms with Crippen molar-refractivity contribution >= 4 is 0 Å². The van der Waals surface area contributed by atoms with Crippen LogP contribution in [0, 0.1) is 5.92 Å². The van der Waals surface area contributed by atoms with Gasteiger partial charge in [-0.15, -0.1) is 0 Å². The molecule has 1 N–H and O–H groups in total. The van der Waals surface area contributed by atoms with E-state index in [0.717, 1.165) is 12.1 Å². The maximum atomic E-state index is 12.6. The molecule has 0 aliphatic rings. The van der Waals surface area contributed by atoms with Gasteiger partial charge in [0.05, 0.1) is 5.60 Å². The van der Waals surface area contributed by atoms with Crippen LogP contribution in [0.2, 0.25) is 0 Å². The van der Waals surface area contributed by atoms with E-state index in [9.17, 15) is 9.90 Å². The summed E-state index contributed by atoms with van der Waals surface area (Å²) in [7, 11) is 0. The second-order valence-electron chi connectivity index (χ2n) is 6.52. The van der Waals surface area contributed by atoms with Crippen LogP contribution in [-0.2, 0) is 12.1 Å². The maximum Gasteiger partial charge on any atom is 0.256 e. The van der Waals surface area contributed by atoms with Crippen LogP contribution in [0.4, 0.5) is 0 Å². The highest BCUT2D eigenvalue weighted by Gasteiger charge is 2.22. The van der Waals surface area contributed by atoms with Crippen LogP contribution in [0.25, 0.3) is 0 Å². The van der Waals surface area contributed by atoms with Gasteiger partial charge in [0.15, 0.2) is 0 Å². The van der Waals surface area contributed by atoms with Crippen LogP contribution in [0.5, 0.6) is 0 Å². The number of hydrogen-bond donors (Lipinski definition) is 1. The second kappa shape index (κ2) is 5.91. The number of aliphatic hydroxyl groups is 1. The number of rotatable bonds is 5. The van der Waals surface area contributed by atoms with Crippen LogP contribution in [0.3, 0.4) is 0 Å². The Morgan fingerprint density at radius 1 is 1.21 bits per heavy atom. The standard InChI is InChI=1S/C16H27NO2/c1-11(2)9-10-17-14(12(3)4)8-7-13(15(17)18)16(5,6)19/h7-8,11-12,19H,9-10H2,1-6H3. The van der Waals surface area contributed by atoms with Gasteiger partial charge in [-0.05, 0) is 44.2 Å². The Bertz CT molecular complexity index is 479. The molecular formula is C16H27NO2. The Balaban J connectivity index is 3.32. The Kier molecular flexibility index (Phi) is 4.97. The molecule has 19 heavy (non-hydrogen) atoms. The van der Waals surface area contributed by atoms with Crippen molar-refractivity contribution in [3.63, 3.8) is 0 Å². The first-order valence-electron chi connectivity index (χ1n) is 7.11. The summed E-state index contributed by atoms with van der Waals surface area (Å²) in [5.74, 6) is 0.855. The first-order valence-corrected chi connectivity index (χ1v) is 7.11. The Hall–Kier alpha value is -1.09. The molecule has 3 nitrogen and oxygen atoms in total. The molecule has 0 fully saturated rings. The molecule has 0 spiro atoms. The minimum absolute atomic E-state index is 0.0562. The molecule has 0 saturated carbocycles. The van der Waals surface area contributed by atoms with Gasteiger partial charge in [-0.1, -0.05) is 27.7 Å². The summed E-state index contributed by atoms with van der Waals surface area (Å²) in [6.07, 6.45) is 0.967. The fourth-order valence-electron chi connectivity index (χ4n) is 2.18. The zero-order valence-electron chi connectivity index (χ0n) is 13.0. The lowest BCUT2D eigenvalue weighted by atomic mass is 9.97. The molecule has 108 valence electrons. The highest BCUT2D eigenvalue weighted by Crippen LogP contribution is 2.20. The van der Waals surface area contributed by atoms with E-state index in [1.807, 2.05) is 10.6 Å². The maximum absolute atomic E-state index is 12.6. The lowest BCUT2D eigenvalue weighted by molar-refractivity contribution is 0.0763. The van der Waals surface area contributed by atoms with Crippen molar-refractivity contribution in [2.45, 2.75) is 66.0 Å². The number of pyridine rings is 1. The Morgan fingerprint density at radius 2 is 1.79 bits per heavy atom. The quantitative estimate of drug-likeness (QED) is 0.888. The predicted octanol–water partition coefficient (Wildman–Crippen LogP) is 3.25. The molecule has 0 unspecified atom stereocenters. The van der Waals surface area contributed by atoms with E-state index in [0.29, 0.717) is 23.9 Å². The van der Waals surface area contributed by atoms with Crippen LogP contribution in [0.1, 0.15) is 65.1 Å². The zero-order chi connectivity index (χ0) is 14.8. The van der Waals surface area contributed by atoms with E-state index >= 15 is 0 Å². The summed E-state index contributed by atoms with van der Waals surface area (Å²) in [6.45, 7) is 12.5. The predicted molar refractivity (Wildman–Crippen MR) is 79.5 cm³/mol. The monoisotopic (exact) mass is 265 g/mol. The minimum Gasteiger partial charge on any atom is -0.386 e. The molecule has 0 aliphatic carbocycles. The zero-order valence-corrected chi connectivity index (χ0v) is 13.0. The summed E-state index contributed by atoms with van der Waals surface area (Å²) in [4.78, 5) is 12.6. The average Bonchev–Trinajstić information content (AvgIpc) is 2.24. The lowest BCUT2D eigenvalue weighted by Gasteiger charge is -2.22. The normalized spacial score (nSPS) is 12.5. The molecular weight excluding hydrogens is 238 g/mol. The molecule has 1 aromatic rings. The topological polar surface area (TPSA) is 42.2 Å². The van der Waals surface area contributed by atoms with Gasteiger partial charge in [0, 0.05) is 17.8 Å². The molecule has 0 aliphatic heterocycles. The van der Waals surface area contributed by atoms with Crippen molar-refractivity contribution in [2.75, 3.05) is 0 Å². The smallest absolute Gasteiger partial charge is 0.256 e. The van der Waals surface area contributed by atoms with Gasteiger partial charge in [-0.3, -0.25) is 4.79 Å². The van der Waals surface area contributed by atoms with Crippen LogP contribution < -0.4 is 5.56 Å². The van der Waals surface area contributed by atoms with Gasteiger partial charge in [-0.2, -0.15) is 0 Å². The fourth-order valence-corrected chi connectivity index (χ4v) is 2.18. The third kappa shape index (κ3) is 3.93. The second-order valence-corrected chi connectivity index (χ2v) is 6.52. The molecule has 0 radical (unpaired) electrons. The first kappa shape index (κ1) is 16.0. The molecule has 3 heteroatoms. The number of nitrogens with zero attached hydrogens (tertiary/aromatic N) is 1. The van der Waals surface area contributed by atoms with Crippen molar-refractivity contribution in [3.8, 4) is 0 Å². The van der Waals surface area contributed by atoms with Crippen molar-refractivity contribution in [3.05, 3.63) is 33.7 Å². The molecule has 0 saturated heterocycles. The van der Waals surface area contributed by atoms with E-state index in [4.69, 9.17) is 0 Å². The van der Waals surface area contributed by atoms with Crippen LogP contribution in [-0.4, -0.2) is 9.67 Å². The Morgan fingerprint density at radius 3 is 2.21 bits per heavy atom. The van der Waals surface area contributed by atoms with E-state index in [-0.39, 0.29) is 5.56 Å². The van der Waals surface area contributed by atoms with Crippen LogP contribution in [0.15, 0.2) is 16.9 Å². The van der Waals surface area contributed by atoms with Crippen LogP contribution >= 0.6 is 0 Å². The minimum atomic E-state index is -1.09. The third-order valence-electron chi connectivity index (χ3n) is 3.39. The fraction of sp³-hybridized carbons (Fsp3) is 0.688. The molecule has 1 rings (SSSR count). The highest BCUT2D eigenvalue weighted by atomic mass is 16.3. The summed E-state index contributed by atoms with van der Waals surface area (Å²) >= 11 is 0. The SMILES string of the molecule is CC(C)CCn1c(C(C)C)ccc(C(C)(C)O)c1=O. The molecule has 0 bridgehead atoms. The largest absolute Gasteiger partial charge is 0.386 e. The van der Waals surface area contributed by atoms with E-state index < -0.39 is 5.60 Å². The highest BCUT2D eigenvalue weighted by molar-refractivity contribution is 5.22. The number of hydrogen-bond acceptors (Lipinski definition) is 2. The number of aromatic nitrogens is 1. The Labute approximate surface area is 116 Å². The first-order chi connectivity index (χ1) is 8.64.